The zero-order valence-corrected chi connectivity index (χ0v) is 38.4. The molecule has 0 atom stereocenters. The number of fused-ring (bicyclic) bond motifs is 3. The van der Waals surface area contributed by atoms with Crippen molar-refractivity contribution < 1.29 is 46.1 Å². The number of hydrogen-bond acceptors (Lipinski definition) is 0. The van der Waals surface area contributed by atoms with Gasteiger partial charge in [-0.05, 0) is 0 Å². The molecule has 4 aromatic carbocycles. The summed E-state index contributed by atoms with van der Waals surface area (Å²) in [6.45, 7) is 31.1. The average Bonchev–Trinajstić information content (AvgIpc) is 3.65. The van der Waals surface area contributed by atoms with Gasteiger partial charge in [-0.15, -0.1) is 0 Å². The Balaban J connectivity index is 0.00000302. The van der Waals surface area contributed by atoms with Crippen molar-refractivity contribution in [3.8, 4) is 11.1 Å². The summed E-state index contributed by atoms with van der Waals surface area (Å²) in [7, 11) is 0. The molecular weight excluding hydrogens is 774 g/mol. The van der Waals surface area contributed by atoms with Crippen molar-refractivity contribution in [3.05, 3.63) is 143 Å². The van der Waals surface area contributed by atoms with E-state index in [9.17, 15) is 0 Å². The van der Waals surface area contributed by atoms with Crippen molar-refractivity contribution in [2.45, 2.75) is 125 Å². The van der Waals surface area contributed by atoms with Gasteiger partial charge in [-0.2, -0.15) is 0 Å². The second kappa shape index (κ2) is 15.3. The molecule has 0 saturated heterocycles. The van der Waals surface area contributed by atoms with Crippen LogP contribution >= 0.6 is 11.6 Å². The number of rotatable bonds is 4. The molecule has 0 fully saturated rings. The van der Waals surface area contributed by atoms with Gasteiger partial charge in [0.1, 0.15) is 0 Å². The van der Waals surface area contributed by atoms with Crippen LogP contribution in [0.25, 0.3) is 11.1 Å². The van der Waals surface area contributed by atoms with E-state index >= 15 is 0 Å². The molecule has 0 bridgehead atoms. The largest absolute Gasteiger partial charge is 1.00 e. The Morgan fingerprint density at radius 2 is 1.21 bits per heavy atom. The maximum atomic E-state index is 6.84. The first kappa shape index (κ1) is 42.7. The predicted molar refractivity (Wildman–Crippen MR) is 217 cm³/mol. The summed E-state index contributed by atoms with van der Waals surface area (Å²) >= 11 is 3.85. The third-order valence-corrected chi connectivity index (χ3v) is 18.5. The summed E-state index contributed by atoms with van der Waals surface area (Å²) in [4.78, 5) is 0. The van der Waals surface area contributed by atoms with Gasteiger partial charge in [0.2, 0.25) is 0 Å². The van der Waals surface area contributed by atoms with E-state index in [0.29, 0.717) is 0 Å². The van der Waals surface area contributed by atoms with E-state index in [1.807, 2.05) is 6.07 Å². The zero-order valence-electron chi connectivity index (χ0n) is 33.6. The first-order valence-electron chi connectivity index (χ1n) is 18.5. The fourth-order valence-corrected chi connectivity index (χ4v) is 17.4. The molecule has 2 aliphatic carbocycles. The molecular formula is C48H57Cl3Zr. The molecule has 4 aromatic rings. The van der Waals surface area contributed by atoms with Gasteiger partial charge in [-0.3, -0.25) is 0 Å². The van der Waals surface area contributed by atoms with Crippen LogP contribution in [0.5, 0.6) is 0 Å². The minimum absolute atomic E-state index is 0. The van der Waals surface area contributed by atoms with Crippen LogP contribution in [-0.4, -0.2) is 3.21 Å². The van der Waals surface area contributed by atoms with Crippen LogP contribution in [0.3, 0.4) is 0 Å². The normalized spacial score (nSPS) is 14.3. The van der Waals surface area contributed by atoms with Gasteiger partial charge in [-0.25, -0.2) is 0 Å². The van der Waals surface area contributed by atoms with Crippen molar-refractivity contribution >= 4 is 18.1 Å². The van der Waals surface area contributed by atoms with Gasteiger partial charge in [-0.1, -0.05) is 0 Å². The van der Waals surface area contributed by atoms with Crippen LogP contribution in [0.2, 0.25) is 5.02 Å². The Morgan fingerprint density at radius 3 is 1.73 bits per heavy atom. The van der Waals surface area contributed by atoms with E-state index in [-0.39, 0.29) is 46.5 Å². The summed E-state index contributed by atoms with van der Waals surface area (Å²) < 4.78 is 4.87. The molecule has 0 radical (unpaired) electrons. The third kappa shape index (κ3) is 8.30. The SMILES string of the molecule is Cc1ccc(/[C](c2cccc(Cl)c2)=[Zr+2](\[C]2=CC=CC2)[c]2c3c(cc(C(C)(C)C)c2C(C)(C)C)-c2cc(C(C)(C)C)c(C(C)(C)C)cc2C3)cc1.[Cl-].[Cl-]. The van der Waals surface area contributed by atoms with Gasteiger partial charge in [0, 0.05) is 0 Å². The molecule has 0 saturated carbocycles. The Labute approximate surface area is 340 Å². The standard InChI is InChI=1S/C29H41.C14H11Cl.C5H5.2ClH.Zr/c1-26(2,3)22-14-18-13-19-15-23(27(4,5)6)25(29(10,11)12)17-21(19)20(18)16-24(22)28(7,8)9;1-11-5-7-12(8-6-11)9-13-3-2-4-14(15)10-13;1-2-4-5-3-1;;;/h14,16-17H,13H2,1-12H3;2-8,10H,1H3;1-3H,4H2;2*1H;/q;;;;;+2/p-2. The number of allylic oxidation sites excluding steroid dienone is 4. The van der Waals surface area contributed by atoms with Crippen LogP contribution in [0.1, 0.15) is 140 Å². The molecule has 0 amide bonds. The Bertz CT molecular complexity index is 2080. The van der Waals surface area contributed by atoms with E-state index in [1.54, 1.807) is 17.7 Å². The Hall–Kier alpha value is -2.02. The third-order valence-electron chi connectivity index (χ3n) is 10.6. The van der Waals surface area contributed by atoms with Crippen molar-refractivity contribution in [2.75, 3.05) is 0 Å². The van der Waals surface area contributed by atoms with E-state index in [0.717, 1.165) is 17.9 Å². The number of hydrogen-bond donors (Lipinski definition) is 0. The van der Waals surface area contributed by atoms with Gasteiger partial charge in [0.15, 0.2) is 0 Å². The van der Waals surface area contributed by atoms with Crippen LogP contribution in [0.15, 0.2) is 88.2 Å². The summed E-state index contributed by atoms with van der Waals surface area (Å²) in [5, 5.41) is 0.801. The Morgan fingerprint density at radius 1 is 0.635 bits per heavy atom. The molecule has 0 heterocycles. The fraction of sp³-hybridized carbons (Fsp3) is 0.396. The predicted octanol–water partition coefficient (Wildman–Crippen LogP) is 6.77. The molecule has 52 heavy (non-hydrogen) atoms. The number of halogens is 3. The van der Waals surface area contributed by atoms with Gasteiger partial charge in [0.25, 0.3) is 0 Å². The van der Waals surface area contributed by atoms with Crippen molar-refractivity contribution in [3.63, 3.8) is 0 Å². The fourth-order valence-electron chi connectivity index (χ4n) is 8.17. The van der Waals surface area contributed by atoms with E-state index in [1.165, 1.54) is 53.3 Å². The molecule has 0 spiro atoms. The Kier molecular flexibility index (Phi) is 12.5. The van der Waals surface area contributed by atoms with Gasteiger partial charge in [0.05, 0.1) is 0 Å². The maximum Gasteiger partial charge on any atom is -1.00 e. The van der Waals surface area contributed by atoms with Crippen molar-refractivity contribution in [1.82, 2.24) is 0 Å². The molecule has 0 nitrogen and oxygen atoms in total. The molecule has 0 aliphatic heterocycles. The second-order valence-electron chi connectivity index (χ2n) is 18.9. The van der Waals surface area contributed by atoms with Crippen molar-refractivity contribution in [2.24, 2.45) is 0 Å². The minimum Gasteiger partial charge on any atom is -1.00 e. The first-order chi connectivity index (χ1) is 23.2. The summed E-state index contributed by atoms with van der Waals surface area (Å²) in [6.07, 6.45) is 9.19. The van der Waals surface area contributed by atoms with Crippen LogP contribution in [0.4, 0.5) is 0 Å². The molecule has 6 rings (SSSR count). The molecule has 4 heteroatoms. The average molecular weight is 832 g/mol. The summed E-state index contributed by atoms with van der Waals surface area (Å²) in [6, 6.07) is 25.9. The van der Waals surface area contributed by atoms with E-state index in [4.69, 9.17) is 11.6 Å². The molecule has 274 valence electrons. The number of benzene rings is 4. The smallest absolute Gasteiger partial charge is 1.00 e. The van der Waals surface area contributed by atoms with Crippen LogP contribution in [-0.2, 0) is 49.3 Å². The molecule has 0 N–H and O–H groups in total. The van der Waals surface area contributed by atoms with Crippen molar-refractivity contribution in [1.29, 1.82) is 0 Å². The monoisotopic (exact) mass is 828 g/mol. The van der Waals surface area contributed by atoms with Gasteiger partial charge >= 0.3 is 318 Å². The van der Waals surface area contributed by atoms with E-state index < -0.39 is 21.3 Å². The van der Waals surface area contributed by atoms with E-state index in [2.05, 4.69) is 169 Å². The zero-order chi connectivity index (χ0) is 36.6. The van der Waals surface area contributed by atoms with Crippen LogP contribution < -0.4 is 28.1 Å². The van der Waals surface area contributed by atoms with Crippen LogP contribution in [0, 0.1) is 6.92 Å². The minimum atomic E-state index is -2.99. The first-order valence-corrected chi connectivity index (χ1v) is 22.6. The summed E-state index contributed by atoms with van der Waals surface area (Å²) in [5.74, 6) is 0. The summed E-state index contributed by atoms with van der Waals surface area (Å²) in [5.41, 5.74) is 16.0. The topological polar surface area (TPSA) is 0 Å². The quantitative estimate of drug-likeness (QED) is 0.188. The molecule has 0 aromatic heterocycles. The number of aryl methyl sites for hydroxylation is 1. The second-order valence-corrected chi connectivity index (χ2v) is 25.2. The molecule has 0 unspecified atom stereocenters. The maximum absolute atomic E-state index is 6.84. The molecule has 2 aliphatic rings. The van der Waals surface area contributed by atoms with Gasteiger partial charge < -0.3 is 24.8 Å².